The Morgan fingerprint density at radius 3 is 2.33 bits per heavy atom. The predicted molar refractivity (Wildman–Crippen MR) is 82.0 cm³/mol. The van der Waals surface area contributed by atoms with Crippen LogP contribution in [0.3, 0.4) is 0 Å². The Bertz CT molecular complexity index is 194. The first-order valence-corrected chi connectivity index (χ1v) is 8.47. The van der Waals surface area contributed by atoms with Gasteiger partial charge in [0.05, 0.1) is 0 Å². The smallest absolute Gasteiger partial charge is 0.000779 e. The van der Waals surface area contributed by atoms with Crippen LogP contribution in [-0.2, 0) is 0 Å². The quantitative estimate of drug-likeness (QED) is 0.599. The lowest BCUT2D eigenvalue weighted by atomic mass is 9.68. The maximum Gasteiger partial charge on any atom is 0.000779 e. The van der Waals surface area contributed by atoms with Gasteiger partial charge in [-0.15, -0.1) is 0 Å². The van der Waals surface area contributed by atoms with Crippen molar-refractivity contribution in [1.29, 1.82) is 0 Å². The Balaban J connectivity index is 2.52. The molecule has 1 unspecified atom stereocenters. The van der Waals surface area contributed by atoms with E-state index in [0.717, 1.165) is 12.5 Å². The third kappa shape index (κ3) is 5.30. The molecule has 0 aromatic rings. The SMILES string of the molecule is CCCCC(CC)CC1(CNCC)CCCCC1. The standard InChI is InChI=1S/C17H35N/c1-4-7-11-16(5-2)14-17(15-18-6-3)12-9-8-10-13-17/h16,18H,4-15H2,1-3H3. The lowest BCUT2D eigenvalue weighted by Crippen LogP contribution is -2.37. The van der Waals surface area contributed by atoms with Crippen LogP contribution < -0.4 is 5.32 Å². The predicted octanol–water partition coefficient (Wildman–Crippen LogP) is 5.15. The second kappa shape index (κ2) is 8.96. The van der Waals surface area contributed by atoms with Crippen LogP contribution in [0, 0.1) is 11.3 Å². The zero-order valence-electron chi connectivity index (χ0n) is 13.1. The van der Waals surface area contributed by atoms with Crippen molar-refractivity contribution in [3.8, 4) is 0 Å². The van der Waals surface area contributed by atoms with E-state index in [1.807, 2.05) is 0 Å². The molecule has 0 saturated heterocycles. The van der Waals surface area contributed by atoms with Gasteiger partial charge in [-0.05, 0) is 37.1 Å². The van der Waals surface area contributed by atoms with Gasteiger partial charge in [0.1, 0.15) is 0 Å². The van der Waals surface area contributed by atoms with Gasteiger partial charge < -0.3 is 5.32 Å². The van der Waals surface area contributed by atoms with Crippen LogP contribution >= 0.6 is 0 Å². The number of rotatable bonds is 9. The molecule has 0 aromatic heterocycles. The second-order valence-electron chi connectivity index (χ2n) is 6.46. The Kier molecular flexibility index (Phi) is 7.97. The Hall–Kier alpha value is -0.0400. The van der Waals surface area contributed by atoms with Gasteiger partial charge in [-0.2, -0.15) is 0 Å². The van der Waals surface area contributed by atoms with Gasteiger partial charge in [0.2, 0.25) is 0 Å². The van der Waals surface area contributed by atoms with Crippen LogP contribution in [0.25, 0.3) is 0 Å². The van der Waals surface area contributed by atoms with Crippen molar-refractivity contribution < 1.29 is 0 Å². The van der Waals surface area contributed by atoms with Crippen LogP contribution in [0.2, 0.25) is 0 Å². The molecule has 0 amide bonds. The van der Waals surface area contributed by atoms with Gasteiger partial charge in [0, 0.05) is 6.54 Å². The van der Waals surface area contributed by atoms with Crippen LogP contribution in [0.15, 0.2) is 0 Å². The summed E-state index contributed by atoms with van der Waals surface area (Å²) in [4.78, 5) is 0. The van der Waals surface area contributed by atoms with Gasteiger partial charge >= 0.3 is 0 Å². The van der Waals surface area contributed by atoms with E-state index in [2.05, 4.69) is 26.1 Å². The molecule has 1 heteroatoms. The minimum Gasteiger partial charge on any atom is -0.316 e. The van der Waals surface area contributed by atoms with Crippen LogP contribution in [0.4, 0.5) is 0 Å². The van der Waals surface area contributed by atoms with Crippen LogP contribution in [0.5, 0.6) is 0 Å². The highest BCUT2D eigenvalue weighted by molar-refractivity contribution is 4.86. The molecule has 1 N–H and O–H groups in total. The van der Waals surface area contributed by atoms with E-state index < -0.39 is 0 Å². The summed E-state index contributed by atoms with van der Waals surface area (Å²) in [6, 6.07) is 0. The zero-order chi connectivity index (χ0) is 13.3. The Morgan fingerprint density at radius 1 is 1.06 bits per heavy atom. The number of nitrogens with one attached hydrogen (secondary N) is 1. The first kappa shape index (κ1) is 16.0. The monoisotopic (exact) mass is 253 g/mol. The number of unbranched alkanes of at least 4 members (excludes halogenated alkanes) is 1. The molecule has 0 aliphatic heterocycles. The molecule has 1 fully saturated rings. The highest BCUT2D eigenvalue weighted by Gasteiger charge is 2.33. The molecular weight excluding hydrogens is 218 g/mol. The summed E-state index contributed by atoms with van der Waals surface area (Å²) in [5.41, 5.74) is 0.642. The van der Waals surface area contributed by atoms with Crippen molar-refractivity contribution in [3.63, 3.8) is 0 Å². The van der Waals surface area contributed by atoms with Crippen LogP contribution in [-0.4, -0.2) is 13.1 Å². The fraction of sp³-hybridized carbons (Fsp3) is 1.00. The van der Waals surface area contributed by atoms with E-state index in [1.165, 1.54) is 70.8 Å². The Morgan fingerprint density at radius 2 is 1.78 bits per heavy atom. The van der Waals surface area contributed by atoms with E-state index in [9.17, 15) is 0 Å². The highest BCUT2D eigenvalue weighted by atomic mass is 14.9. The normalized spacial score (nSPS) is 20.8. The average molecular weight is 253 g/mol. The van der Waals surface area contributed by atoms with Crippen molar-refractivity contribution in [2.45, 2.75) is 85.0 Å². The summed E-state index contributed by atoms with van der Waals surface area (Å²) in [6.45, 7) is 9.36. The molecule has 1 saturated carbocycles. The molecule has 0 spiro atoms. The molecule has 0 bridgehead atoms. The first-order chi connectivity index (χ1) is 8.76. The highest BCUT2D eigenvalue weighted by Crippen LogP contribution is 2.42. The molecule has 1 nitrogen and oxygen atoms in total. The summed E-state index contributed by atoms with van der Waals surface area (Å²) in [5, 5.41) is 3.64. The van der Waals surface area contributed by atoms with Crippen LogP contribution in [0.1, 0.15) is 85.0 Å². The molecule has 0 heterocycles. The number of hydrogen-bond acceptors (Lipinski definition) is 1. The molecule has 1 aliphatic carbocycles. The molecule has 0 radical (unpaired) electrons. The van der Waals surface area contributed by atoms with E-state index >= 15 is 0 Å². The third-order valence-electron chi connectivity index (χ3n) is 4.93. The van der Waals surface area contributed by atoms with E-state index in [1.54, 1.807) is 0 Å². The number of hydrogen-bond donors (Lipinski definition) is 1. The summed E-state index contributed by atoms with van der Waals surface area (Å²) in [5.74, 6) is 0.974. The van der Waals surface area contributed by atoms with Gasteiger partial charge in [0.15, 0.2) is 0 Å². The van der Waals surface area contributed by atoms with Gasteiger partial charge in [-0.3, -0.25) is 0 Å². The van der Waals surface area contributed by atoms with E-state index in [0.29, 0.717) is 5.41 Å². The summed E-state index contributed by atoms with van der Waals surface area (Å²) in [7, 11) is 0. The molecule has 0 aromatic carbocycles. The molecule has 18 heavy (non-hydrogen) atoms. The zero-order valence-corrected chi connectivity index (χ0v) is 13.1. The Labute approximate surface area is 115 Å². The summed E-state index contributed by atoms with van der Waals surface area (Å²) in [6.07, 6.45) is 14.5. The van der Waals surface area contributed by atoms with Crippen molar-refractivity contribution in [2.75, 3.05) is 13.1 Å². The van der Waals surface area contributed by atoms with E-state index in [-0.39, 0.29) is 0 Å². The van der Waals surface area contributed by atoms with Crippen molar-refractivity contribution in [2.24, 2.45) is 11.3 Å². The average Bonchev–Trinajstić information content (AvgIpc) is 2.42. The topological polar surface area (TPSA) is 12.0 Å². The molecular formula is C17H35N. The lowest BCUT2D eigenvalue weighted by Gasteiger charge is -2.40. The fourth-order valence-corrected chi connectivity index (χ4v) is 3.70. The maximum absolute atomic E-state index is 3.64. The van der Waals surface area contributed by atoms with Gasteiger partial charge in [0.25, 0.3) is 0 Å². The molecule has 1 atom stereocenters. The molecule has 108 valence electrons. The van der Waals surface area contributed by atoms with Crippen molar-refractivity contribution in [1.82, 2.24) is 5.32 Å². The minimum atomic E-state index is 0.642. The van der Waals surface area contributed by atoms with Crippen molar-refractivity contribution >= 4 is 0 Å². The maximum atomic E-state index is 3.64. The molecule has 1 rings (SSSR count). The summed E-state index contributed by atoms with van der Waals surface area (Å²) >= 11 is 0. The largest absolute Gasteiger partial charge is 0.316 e. The van der Waals surface area contributed by atoms with Gasteiger partial charge in [-0.1, -0.05) is 65.7 Å². The van der Waals surface area contributed by atoms with E-state index in [4.69, 9.17) is 0 Å². The fourth-order valence-electron chi connectivity index (χ4n) is 3.70. The lowest BCUT2D eigenvalue weighted by molar-refractivity contribution is 0.132. The molecule has 1 aliphatic rings. The third-order valence-corrected chi connectivity index (χ3v) is 4.93. The van der Waals surface area contributed by atoms with Gasteiger partial charge in [-0.25, -0.2) is 0 Å². The summed E-state index contributed by atoms with van der Waals surface area (Å²) < 4.78 is 0. The minimum absolute atomic E-state index is 0.642. The first-order valence-electron chi connectivity index (χ1n) is 8.47. The van der Waals surface area contributed by atoms with Crippen molar-refractivity contribution in [3.05, 3.63) is 0 Å². The second-order valence-corrected chi connectivity index (χ2v) is 6.46.